The molecule has 0 fully saturated rings. The van der Waals surface area contributed by atoms with E-state index in [0.29, 0.717) is 24.6 Å². The fourth-order valence-corrected chi connectivity index (χ4v) is 3.79. The third-order valence-corrected chi connectivity index (χ3v) is 6.21. The third-order valence-electron chi connectivity index (χ3n) is 4.29. The molecule has 0 saturated heterocycles. The number of guanidine groups is 1. The molecular formula is C20H28N4O3S. The van der Waals surface area contributed by atoms with Gasteiger partial charge >= 0.3 is 0 Å². The Labute approximate surface area is 167 Å². The minimum Gasteiger partial charge on any atom is -0.496 e. The van der Waals surface area contributed by atoms with Crippen LogP contribution in [0.3, 0.4) is 0 Å². The van der Waals surface area contributed by atoms with Crippen molar-refractivity contribution < 1.29 is 13.2 Å². The number of aliphatic imine (C=N–C) groups is 1. The van der Waals surface area contributed by atoms with Crippen LogP contribution in [0.1, 0.15) is 16.7 Å². The van der Waals surface area contributed by atoms with Gasteiger partial charge in [0.1, 0.15) is 5.75 Å². The lowest BCUT2D eigenvalue weighted by molar-refractivity contribution is 0.408. The van der Waals surface area contributed by atoms with E-state index in [-0.39, 0.29) is 4.90 Å². The Bertz CT molecular complexity index is 940. The summed E-state index contributed by atoms with van der Waals surface area (Å²) in [7, 11) is 2.85. The van der Waals surface area contributed by atoms with Crippen molar-refractivity contribution in [3.8, 4) is 5.75 Å². The maximum atomic E-state index is 12.5. The molecule has 0 bridgehead atoms. The molecule has 28 heavy (non-hydrogen) atoms. The zero-order valence-corrected chi connectivity index (χ0v) is 17.8. The first-order chi connectivity index (χ1) is 13.3. The predicted octanol–water partition coefficient (Wildman–Crippen LogP) is 2.12. The van der Waals surface area contributed by atoms with E-state index in [1.807, 2.05) is 31.2 Å². The van der Waals surface area contributed by atoms with Crippen LogP contribution in [0.2, 0.25) is 0 Å². The fraction of sp³-hybridized carbons (Fsp3) is 0.350. The van der Waals surface area contributed by atoms with Gasteiger partial charge in [0.2, 0.25) is 10.0 Å². The van der Waals surface area contributed by atoms with Crippen molar-refractivity contribution in [3.63, 3.8) is 0 Å². The molecule has 0 aliphatic heterocycles. The number of hydrogen-bond donors (Lipinski definition) is 2. The van der Waals surface area contributed by atoms with E-state index >= 15 is 0 Å². The van der Waals surface area contributed by atoms with E-state index in [0.717, 1.165) is 16.9 Å². The number of nitrogens with zero attached hydrogens (tertiary/aromatic N) is 2. The van der Waals surface area contributed by atoms with Crippen LogP contribution in [-0.2, 0) is 23.1 Å². The van der Waals surface area contributed by atoms with Gasteiger partial charge in [-0.3, -0.25) is 4.99 Å². The van der Waals surface area contributed by atoms with Crippen LogP contribution in [0, 0.1) is 6.92 Å². The minimum atomic E-state index is -3.51. The second-order valence-electron chi connectivity index (χ2n) is 6.49. The van der Waals surface area contributed by atoms with Crippen LogP contribution in [0.4, 0.5) is 0 Å². The first kappa shape index (κ1) is 21.7. The predicted molar refractivity (Wildman–Crippen MR) is 112 cm³/mol. The lowest BCUT2D eigenvalue weighted by Crippen LogP contribution is -2.37. The monoisotopic (exact) mass is 404 g/mol. The molecular weight excluding hydrogens is 376 g/mol. The molecule has 0 radical (unpaired) electrons. The molecule has 0 heterocycles. The zero-order valence-electron chi connectivity index (χ0n) is 17.0. The molecule has 0 aliphatic carbocycles. The second kappa shape index (κ2) is 9.57. The lowest BCUT2D eigenvalue weighted by Gasteiger charge is -2.17. The van der Waals surface area contributed by atoms with E-state index in [1.165, 1.54) is 18.4 Å². The van der Waals surface area contributed by atoms with Crippen molar-refractivity contribution in [1.82, 2.24) is 14.9 Å². The number of nitrogens with one attached hydrogen (secondary N) is 2. The van der Waals surface area contributed by atoms with Gasteiger partial charge in [-0.15, -0.1) is 0 Å². The highest BCUT2D eigenvalue weighted by atomic mass is 32.2. The molecule has 0 aromatic heterocycles. The molecule has 0 atom stereocenters. The standard InChI is InChI=1S/C20H28N4O3S/c1-15-10-11-16(18(12-15)27-5)13-22-20(21-2)23-14-17-8-6-7-9-19(17)28(25,26)24(3)4/h6-12H,13-14H2,1-5H3,(H2,21,22,23). The molecule has 0 aliphatic rings. The summed E-state index contributed by atoms with van der Waals surface area (Å²) < 4.78 is 31.7. The average Bonchev–Trinajstić information content (AvgIpc) is 2.68. The average molecular weight is 405 g/mol. The van der Waals surface area contributed by atoms with Crippen molar-refractivity contribution in [2.24, 2.45) is 4.99 Å². The number of sulfonamides is 1. The number of ether oxygens (including phenoxy) is 1. The smallest absolute Gasteiger partial charge is 0.242 e. The fourth-order valence-electron chi connectivity index (χ4n) is 2.67. The van der Waals surface area contributed by atoms with Gasteiger partial charge < -0.3 is 15.4 Å². The Morgan fingerprint density at radius 1 is 1.07 bits per heavy atom. The Hall–Kier alpha value is -2.58. The molecule has 0 spiro atoms. The summed E-state index contributed by atoms with van der Waals surface area (Å²) in [6, 6.07) is 13.0. The molecule has 2 N–H and O–H groups in total. The number of methoxy groups -OCH3 is 1. The molecule has 2 aromatic rings. The zero-order chi connectivity index (χ0) is 20.7. The Morgan fingerprint density at radius 2 is 1.71 bits per heavy atom. The summed E-state index contributed by atoms with van der Waals surface area (Å²) in [5.74, 6) is 1.38. The van der Waals surface area contributed by atoms with Crippen molar-refractivity contribution in [2.75, 3.05) is 28.3 Å². The summed E-state index contributed by atoms with van der Waals surface area (Å²) >= 11 is 0. The Kier molecular flexibility index (Phi) is 7.42. The van der Waals surface area contributed by atoms with Crippen molar-refractivity contribution in [1.29, 1.82) is 0 Å². The summed E-state index contributed by atoms with van der Waals surface area (Å²) in [5.41, 5.74) is 2.81. The molecule has 8 heteroatoms. The van der Waals surface area contributed by atoms with Gasteiger partial charge in [-0.1, -0.05) is 30.3 Å². The second-order valence-corrected chi connectivity index (χ2v) is 8.61. The molecule has 2 rings (SSSR count). The first-order valence-corrected chi connectivity index (χ1v) is 10.3. The molecule has 2 aromatic carbocycles. The van der Waals surface area contributed by atoms with E-state index < -0.39 is 10.0 Å². The molecule has 0 amide bonds. The maximum absolute atomic E-state index is 12.5. The van der Waals surface area contributed by atoms with Gasteiger partial charge in [0, 0.05) is 39.8 Å². The highest BCUT2D eigenvalue weighted by Crippen LogP contribution is 2.20. The largest absolute Gasteiger partial charge is 0.496 e. The number of rotatable bonds is 7. The van der Waals surface area contributed by atoms with Crippen LogP contribution in [0.5, 0.6) is 5.75 Å². The van der Waals surface area contributed by atoms with Crippen LogP contribution < -0.4 is 15.4 Å². The molecule has 7 nitrogen and oxygen atoms in total. The van der Waals surface area contributed by atoms with Crippen LogP contribution in [0.15, 0.2) is 52.4 Å². The van der Waals surface area contributed by atoms with Gasteiger partial charge in [0.05, 0.1) is 12.0 Å². The highest BCUT2D eigenvalue weighted by Gasteiger charge is 2.20. The highest BCUT2D eigenvalue weighted by molar-refractivity contribution is 7.89. The van der Waals surface area contributed by atoms with E-state index in [2.05, 4.69) is 15.6 Å². The van der Waals surface area contributed by atoms with E-state index in [4.69, 9.17) is 4.74 Å². The molecule has 152 valence electrons. The topological polar surface area (TPSA) is 83.0 Å². The summed E-state index contributed by atoms with van der Waals surface area (Å²) in [5, 5.41) is 6.40. The SMILES string of the molecule is CN=C(NCc1ccc(C)cc1OC)NCc1ccccc1S(=O)(=O)N(C)C. The van der Waals surface area contributed by atoms with E-state index in [9.17, 15) is 8.42 Å². The first-order valence-electron chi connectivity index (χ1n) is 8.88. The number of aryl methyl sites for hydroxylation is 1. The maximum Gasteiger partial charge on any atom is 0.242 e. The van der Waals surface area contributed by atoms with Gasteiger partial charge in [-0.2, -0.15) is 0 Å². The van der Waals surface area contributed by atoms with Gasteiger partial charge in [-0.05, 0) is 30.2 Å². The Morgan fingerprint density at radius 3 is 2.32 bits per heavy atom. The number of benzene rings is 2. The summed E-state index contributed by atoms with van der Waals surface area (Å²) in [6.07, 6.45) is 0. The van der Waals surface area contributed by atoms with Crippen LogP contribution >= 0.6 is 0 Å². The van der Waals surface area contributed by atoms with Crippen molar-refractivity contribution >= 4 is 16.0 Å². The van der Waals surface area contributed by atoms with Gasteiger partial charge in [0.25, 0.3) is 0 Å². The quantitative estimate of drug-likeness (QED) is 0.546. The third kappa shape index (κ3) is 5.24. The van der Waals surface area contributed by atoms with Crippen LogP contribution in [-0.4, -0.2) is 46.9 Å². The molecule has 0 saturated carbocycles. The lowest BCUT2D eigenvalue weighted by atomic mass is 10.1. The summed E-state index contributed by atoms with van der Waals surface area (Å²) in [6.45, 7) is 2.87. The molecule has 0 unspecified atom stereocenters. The van der Waals surface area contributed by atoms with Crippen LogP contribution in [0.25, 0.3) is 0 Å². The van der Waals surface area contributed by atoms with Crippen molar-refractivity contribution in [2.45, 2.75) is 24.9 Å². The van der Waals surface area contributed by atoms with Gasteiger partial charge in [-0.25, -0.2) is 12.7 Å². The normalized spacial score (nSPS) is 12.1. The minimum absolute atomic E-state index is 0.281. The Balaban J connectivity index is 2.08. The summed E-state index contributed by atoms with van der Waals surface area (Å²) in [4.78, 5) is 4.49. The van der Waals surface area contributed by atoms with Gasteiger partial charge in [0.15, 0.2) is 5.96 Å². The van der Waals surface area contributed by atoms with E-state index in [1.54, 1.807) is 32.4 Å². The number of hydrogen-bond acceptors (Lipinski definition) is 4. The van der Waals surface area contributed by atoms with Crippen molar-refractivity contribution in [3.05, 3.63) is 59.2 Å².